The molecule has 9 heteroatoms. The molecule has 2 amide bonds. The number of amides is 2. The number of nitrogens with two attached hydrogens (primary N) is 1. The maximum absolute atomic E-state index is 12.5. The second-order valence-electron chi connectivity index (χ2n) is 5.20. The van der Waals surface area contributed by atoms with Crippen molar-refractivity contribution in [3.05, 3.63) is 35.0 Å². The number of β-amino-alcohol motifs (C(OH)–C–C–N with tert-alkyl or cyclic N) is 1. The molecule has 0 aromatic heterocycles. The van der Waals surface area contributed by atoms with Crippen LogP contribution in [0.3, 0.4) is 0 Å². The molecule has 1 aromatic carbocycles. The number of anilines is 1. The highest BCUT2D eigenvalue weighted by molar-refractivity contribution is 6.08. The van der Waals surface area contributed by atoms with Gasteiger partial charge in [0.2, 0.25) is 5.91 Å². The van der Waals surface area contributed by atoms with Crippen LogP contribution in [0.4, 0.5) is 5.69 Å². The van der Waals surface area contributed by atoms with Crippen molar-refractivity contribution in [3.63, 3.8) is 0 Å². The number of primary amides is 1. The fraction of sp³-hybridized carbons (Fsp3) is 0.312. The summed E-state index contributed by atoms with van der Waals surface area (Å²) in [6.45, 7) is -0.123. The third kappa shape index (κ3) is 3.72. The van der Waals surface area contributed by atoms with E-state index in [4.69, 9.17) is 20.3 Å². The van der Waals surface area contributed by atoms with E-state index >= 15 is 0 Å². The Morgan fingerprint density at radius 2 is 2.08 bits per heavy atom. The van der Waals surface area contributed by atoms with E-state index in [1.165, 1.54) is 37.3 Å². The Kier molecular flexibility index (Phi) is 5.60. The quantitative estimate of drug-likeness (QED) is 0.564. The van der Waals surface area contributed by atoms with Crippen LogP contribution in [0, 0.1) is 0 Å². The first kappa shape index (κ1) is 18.3. The van der Waals surface area contributed by atoms with Gasteiger partial charge in [-0.05, 0) is 18.2 Å². The smallest absolute Gasteiger partial charge is 0.337 e. The Bertz CT molecular complexity index is 743. The molecule has 0 fully saturated rings. The van der Waals surface area contributed by atoms with Crippen molar-refractivity contribution in [2.75, 3.05) is 39.2 Å². The van der Waals surface area contributed by atoms with Crippen LogP contribution in [0.5, 0.6) is 5.75 Å². The molecule has 0 unspecified atom stereocenters. The summed E-state index contributed by atoms with van der Waals surface area (Å²) >= 11 is 0. The Morgan fingerprint density at radius 3 is 2.64 bits per heavy atom. The molecule has 0 atom stereocenters. The normalized spacial score (nSPS) is 13.9. The summed E-state index contributed by atoms with van der Waals surface area (Å²) in [5.74, 6) is -1.44. The lowest BCUT2D eigenvalue weighted by Crippen LogP contribution is -2.31. The molecular weight excluding hydrogens is 330 g/mol. The van der Waals surface area contributed by atoms with Gasteiger partial charge in [0.05, 0.1) is 38.6 Å². The summed E-state index contributed by atoms with van der Waals surface area (Å²) in [4.78, 5) is 37.0. The number of rotatable bonds is 7. The second-order valence-corrected chi connectivity index (χ2v) is 5.20. The first-order valence-electron chi connectivity index (χ1n) is 7.39. The summed E-state index contributed by atoms with van der Waals surface area (Å²) in [7, 11) is 2.61. The minimum atomic E-state index is -0.649. The highest BCUT2D eigenvalue weighted by Gasteiger charge is 2.34. The van der Waals surface area contributed by atoms with Crippen LogP contribution >= 0.6 is 0 Å². The van der Waals surface area contributed by atoms with Gasteiger partial charge in [0.25, 0.3) is 5.91 Å². The fourth-order valence-corrected chi connectivity index (χ4v) is 2.43. The van der Waals surface area contributed by atoms with Gasteiger partial charge in [-0.25, -0.2) is 4.79 Å². The number of aliphatic hydroxyl groups is 1. The third-order valence-electron chi connectivity index (χ3n) is 3.70. The number of hydrogen-bond acceptors (Lipinski definition) is 7. The van der Waals surface area contributed by atoms with Crippen LogP contribution in [-0.2, 0) is 14.3 Å². The van der Waals surface area contributed by atoms with E-state index in [1.54, 1.807) is 0 Å². The molecule has 1 heterocycles. The lowest BCUT2D eigenvalue weighted by Gasteiger charge is -2.16. The zero-order valence-electron chi connectivity index (χ0n) is 13.9. The number of esters is 1. The van der Waals surface area contributed by atoms with E-state index in [-0.39, 0.29) is 42.3 Å². The van der Waals surface area contributed by atoms with Crippen LogP contribution < -0.4 is 15.8 Å². The van der Waals surface area contributed by atoms with Gasteiger partial charge in [-0.2, -0.15) is 0 Å². The zero-order valence-corrected chi connectivity index (χ0v) is 13.9. The lowest BCUT2D eigenvalue weighted by atomic mass is 10.1. The van der Waals surface area contributed by atoms with Crippen LogP contribution in [0.2, 0.25) is 0 Å². The average molecular weight is 349 g/mol. The van der Waals surface area contributed by atoms with Gasteiger partial charge in [-0.1, -0.05) is 0 Å². The Balaban J connectivity index is 2.39. The summed E-state index contributed by atoms with van der Waals surface area (Å²) in [6.07, 6.45) is 0. The Morgan fingerprint density at radius 1 is 1.36 bits per heavy atom. The monoisotopic (exact) mass is 349 g/mol. The van der Waals surface area contributed by atoms with Gasteiger partial charge in [0.15, 0.2) is 0 Å². The van der Waals surface area contributed by atoms with E-state index in [0.717, 1.165) is 0 Å². The summed E-state index contributed by atoms with van der Waals surface area (Å²) in [5, 5.41) is 11.9. The van der Waals surface area contributed by atoms with Crippen molar-refractivity contribution in [3.8, 4) is 5.75 Å². The van der Waals surface area contributed by atoms with Gasteiger partial charge in [0.1, 0.15) is 11.4 Å². The van der Waals surface area contributed by atoms with Crippen molar-refractivity contribution in [1.82, 2.24) is 4.90 Å². The van der Waals surface area contributed by atoms with E-state index in [0.29, 0.717) is 5.69 Å². The number of methoxy groups -OCH3 is 2. The minimum Gasteiger partial charge on any atom is -0.495 e. The van der Waals surface area contributed by atoms with Gasteiger partial charge in [0, 0.05) is 12.1 Å². The molecule has 0 saturated heterocycles. The lowest BCUT2D eigenvalue weighted by molar-refractivity contribution is -0.136. The number of carbonyl (C=O) groups is 3. The number of ether oxygens (including phenoxy) is 2. The molecule has 1 aromatic rings. The predicted molar refractivity (Wildman–Crippen MR) is 87.8 cm³/mol. The molecule has 134 valence electrons. The van der Waals surface area contributed by atoms with Crippen molar-refractivity contribution >= 4 is 23.5 Å². The summed E-state index contributed by atoms with van der Waals surface area (Å²) in [5.41, 5.74) is 6.03. The Hall–Kier alpha value is -3.07. The molecule has 4 N–H and O–H groups in total. The van der Waals surface area contributed by atoms with E-state index < -0.39 is 17.8 Å². The highest BCUT2D eigenvalue weighted by Crippen LogP contribution is 2.30. The molecule has 0 radical (unpaired) electrons. The number of nitrogens with one attached hydrogen (secondary N) is 1. The number of hydrogen-bond donors (Lipinski definition) is 3. The second kappa shape index (κ2) is 7.67. The predicted octanol–water partition coefficient (Wildman–Crippen LogP) is -0.532. The topological polar surface area (TPSA) is 131 Å². The number of benzene rings is 1. The zero-order chi connectivity index (χ0) is 18.6. The standard InChI is InChI=1S/C16H19N3O6/c1-24-12-7-9(14(17)21)3-4-11(12)18-13-10(16(23)25-2)8-19(5-6-20)15(13)22/h3-4,7,18,20H,5-6,8H2,1-2H3,(H2,17,21). The molecule has 9 nitrogen and oxygen atoms in total. The maximum Gasteiger partial charge on any atom is 0.337 e. The van der Waals surface area contributed by atoms with E-state index in [9.17, 15) is 14.4 Å². The molecule has 2 rings (SSSR count). The molecule has 0 spiro atoms. The molecule has 0 bridgehead atoms. The molecule has 1 aliphatic rings. The summed E-state index contributed by atoms with van der Waals surface area (Å²) in [6, 6.07) is 4.41. The van der Waals surface area contributed by atoms with Crippen LogP contribution in [-0.4, -0.2) is 61.7 Å². The van der Waals surface area contributed by atoms with Crippen molar-refractivity contribution in [1.29, 1.82) is 0 Å². The highest BCUT2D eigenvalue weighted by atomic mass is 16.5. The molecule has 25 heavy (non-hydrogen) atoms. The molecule has 1 aliphatic heterocycles. The Labute approximate surface area is 144 Å². The third-order valence-corrected chi connectivity index (χ3v) is 3.70. The summed E-state index contributed by atoms with van der Waals surface area (Å²) < 4.78 is 9.92. The van der Waals surface area contributed by atoms with Crippen molar-refractivity contribution in [2.45, 2.75) is 0 Å². The minimum absolute atomic E-state index is 0.0239. The molecule has 0 aliphatic carbocycles. The van der Waals surface area contributed by atoms with Crippen LogP contribution in [0.25, 0.3) is 0 Å². The van der Waals surface area contributed by atoms with Gasteiger partial charge >= 0.3 is 5.97 Å². The number of carbonyl (C=O) groups excluding carboxylic acids is 3. The fourth-order valence-electron chi connectivity index (χ4n) is 2.43. The van der Waals surface area contributed by atoms with Gasteiger partial charge in [-0.15, -0.1) is 0 Å². The number of aliphatic hydroxyl groups excluding tert-OH is 1. The largest absolute Gasteiger partial charge is 0.495 e. The van der Waals surface area contributed by atoms with Gasteiger partial charge in [-0.3, -0.25) is 9.59 Å². The first-order valence-corrected chi connectivity index (χ1v) is 7.39. The van der Waals surface area contributed by atoms with Crippen molar-refractivity contribution in [2.24, 2.45) is 5.73 Å². The molecule has 0 saturated carbocycles. The van der Waals surface area contributed by atoms with Crippen LogP contribution in [0.1, 0.15) is 10.4 Å². The van der Waals surface area contributed by atoms with Gasteiger partial charge < -0.3 is 30.5 Å². The van der Waals surface area contributed by atoms with Crippen molar-refractivity contribution < 1.29 is 29.0 Å². The average Bonchev–Trinajstić information content (AvgIpc) is 2.91. The van der Waals surface area contributed by atoms with E-state index in [1.807, 2.05) is 0 Å². The number of nitrogens with zero attached hydrogens (tertiary/aromatic N) is 1. The maximum atomic E-state index is 12.5. The SMILES string of the molecule is COC(=O)C1=C(Nc2ccc(C(N)=O)cc2OC)C(=O)N(CCO)C1. The van der Waals surface area contributed by atoms with E-state index in [2.05, 4.69) is 5.32 Å². The molecular formula is C16H19N3O6. The first-order chi connectivity index (χ1) is 11.9. The van der Waals surface area contributed by atoms with Crippen LogP contribution in [0.15, 0.2) is 29.5 Å².